The third-order valence-electron chi connectivity index (χ3n) is 4.72. The molecule has 0 saturated carbocycles. The van der Waals surface area contributed by atoms with Crippen LogP contribution in [-0.2, 0) is 0 Å². The van der Waals surface area contributed by atoms with E-state index in [1.807, 2.05) is 0 Å². The minimum absolute atomic E-state index is 0.569. The Hall–Kier alpha value is -1.06. The van der Waals surface area contributed by atoms with E-state index in [1.54, 1.807) is 0 Å². The average Bonchev–Trinajstić information content (AvgIpc) is 3.04. The fourth-order valence-corrected chi connectivity index (χ4v) is 3.78. The smallest absolute Gasteiger partial charge is 0.122 e. The van der Waals surface area contributed by atoms with Crippen LogP contribution in [0.3, 0.4) is 0 Å². The van der Waals surface area contributed by atoms with Crippen LogP contribution in [0.25, 0.3) is 0 Å². The van der Waals surface area contributed by atoms with Gasteiger partial charge in [0.2, 0.25) is 0 Å². The first-order valence-electron chi connectivity index (χ1n) is 7.07. The first-order valence-corrected chi connectivity index (χ1v) is 7.07. The molecule has 1 N–H and O–H groups in total. The van der Waals surface area contributed by atoms with Gasteiger partial charge in [-0.05, 0) is 24.9 Å². The molecule has 4 rings (SSSR count). The van der Waals surface area contributed by atoms with Crippen molar-refractivity contribution in [2.45, 2.75) is 18.4 Å². The van der Waals surface area contributed by atoms with Gasteiger partial charge in [-0.15, -0.1) is 0 Å². The van der Waals surface area contributed by atoms with Crippen LogP contribution in [-0.4, -0.2) is 43.7 Å². The number of hydrogen-bond acceptors (Lipinski definition) is 3. The quantitative estimate of drug-likeness (QED) is 0.852. The normalized spacial score (nSPS) is 34.3. The Kier molecular flexibility index (Phi) is 2.55. The summed E-state index contributed by atoms with van der Waals surface area (Å²) in [4.78, 5) is 2.62. The highest BCUT2D eigenvalue weighted by atomic mass is 16.5. The molecule has 18 heavy (non-hydrogen) atoms. The SMILES string of the molecule is c1ccc2c(c1)OCC2CN1C[C@@H]2CCN[C@@H]2C1. The molecule has 3 heterocycles. The molecule has 3 aliphatic heterocycles. The number of para-hydroxylation sites is 1. The monoisotopic (exact) mass is 244 g/mol. The molecule has 0 amide bonds. The number of benzene rings is 1. The summed E-state index contributed by atoms with van der Waals surface area (Å²) in [5.41, 5.74) is 1.41. The molecule has 96 valence electrons. The van der Waals surface area contributed by atoms with Crippen molar-refractivity contribution in [1.82, 2.24) is 10.2 Å². The number of likely N-dealkylation sites (tertiary alicyclic amines) is 1. The van der Waals surface area contributed by atoms with Crippen molar-refractivity contribution in [3.63, 3.8) is 0 Å². The number of hydrogen-bond donors (Lipinski definition) is 1. The average molecular weight is 244 g/mol. The van der Waals surface area contributed by atoms with Gasteiger partial charge in [0.1, 0.15) is 5.75 Å². The lowest BCUT2D eigenvalue weighted by Gasteiger charge is -2.20. The molecule has 0 spiro atoms. The largest absolute Gasteiger partial charge is 0.493 e. The third kappa shape index (κ3) is 1.73. The number of nitrogens with zero attached hydrogens (tertiary/aromatic N) is 1. The van der Waals surface area contributed by atoms with Crippen molar-refractivity contribution in [2.24, 2.45) is 5.92 Å². The van der Waals surface area contributed by atoms with E-state index in [9.17, 15) is 0 Å². The maximum atomic E-state index is 5.77. The predicted octanol–water partition coefficient (Wildman–Crippen LogP) is 1.46. The molecule has 2 fully saturated rings. The number of ether oxygens (including phenoxy) is 1. The highest BCUT2D eigenvalue weighted by Crippen LogP contribution is 2.35. The molecular formula is C15H20N2O. The lowest BCUT2D eigenvalue weighted by atomic mass is 10.0. The van der Waals surface area contributed by atoms with E-state index in [1.165, 1.54) is 31.6 Å². The molecule has 3 atom stereocenters. The zero-order chi connectivity index (χ0) is 11.9. The van der Waals surface area contributed by atoms with Crippen molar-refractivity contribution >= 4 is 0 Å². The molecule has 1 aromatic carbocycles. The summed E-state index contributed by atoms with van der Waals surface area (Å²) in [6, 6.07) is 9.26. The summed E-state index contributed by atoms with van der Waals surface area (Å²) in [5, 5.41) is 3.62. The van der Waals surface area contributed by atoms with Crippen LogP contribution in [0.4, 0.5) is 0 Å². The Labute approximate surface area is 108 Å². The number of fused-ring (bicyclic) bond motifs is 2. The molecule has 0 bridgehead atoms. The molecule has 2 saturated heterocycles. The van der Waals surface area contributed by atoms with E-state index < -0.39 is 0 Å². The molecule has 0 aromatic heterocycles. The zero-order valence-electron chi connectivity index (χ0n) is 10.6. The molecule has 0 radical (unpaired) electrons. The first kappa shape index (κ1) is 10.8. The van der Waals surface area contributed by atoms with Gasteiger partial charge in [0.05, 0.1) is 6.61 Å². The summed E-state index contributed by atoms with van der Waals surface area (Å²) in [6.07, 6.45) is 1.36. The number of rotatable bonds is 2. The van der Waals surface area contributed by atoms with E-state index in [0.717, 1.165) is 30.9 Å². The molecule has 1 aromatic rings. The van der Waals surface area contributed by atoms with Gasteiger partial charge in [-0.3, -0.25) is 0 Å². The van der Waals surface area contributed by atoms with Gasteiger partial charge in [0.15, 0.2) is 0 Å². The lowest BCUT2D eigenvalue weighted by Crippen LogP contribution is -2.32. The minimum Gasteiger partial charge on any atom is -0.493 e. The molecule has 3 heteroatoms. The standard InChI is InChI=1S/C15H20N2O/c1-2-4-15-13(3-1)12(10-18-15)8-17-7-11-5-6-16-14(11)9-17/h1-4,11-12,14,16H,5-10H2/t11-,12?,14+/m0/s1. The molecule has 1 unspecified atom stereocenters. The first-order chi connectivity index (χ1) is 8.90. The van der Waals surface area contributed by atoms with Crippen molar-refractivity contribution in [1.29, 1.82) is 0 Å². The Morgan fingerprint density at radius 2 is 2.22 bits per heavy atom. The Morgan fingerprint density at radius 1 is 1.28 bits per heavy atom. The van der Waals surface area contributed by atoms with Gasteiger partial charge in [-0.2, -0.15) is 0 Å². The Morgan fingerprint density at radius 3 is 3.17 bits per heavy atom. The van der Waals surface area contributed by atoms with Gasteiger partial charge >= 0.3 is 0 Å². The van der Waals surface area contributed by atoms with Crippen LogP contribution in [0, 0.1) is 5.92 Å². The second-order valence-corrected chi connectivity index (χ2v) is 5.87. The summed E-state index contributed by atoms with van der Waals surface area (Å²) < 4.78 is 5.77. The van der Waals surface area contributed by atoms with Gasteiger partial charge in [-0.1, -0.05) is 18.2 Å². The van der Waals surface area contributed by atoms with Gasteiger partial charge in [-0.25, -0.2) is 0 Å². The van der Waals surface area contributed by atoms with Crippen LogP contribution in [0.15, 0.2) is 24.3 Å². The van der Waals surface area contributed by atoms with Gasteiger partial charge < -0.3 is 15.0 Å². The van der Waals surface area contributed by atoms with Crippen LogP contribution in [0.2, 0.25) is 0 Å². The van der Waals surface area contributed by atoms with E-state index in [2.05, 4.69) is 34.5 Å². The second-order valence-electron chi connectivity index (χ2n) is 5.87. The second kappa shape index (κ2) is 4.25. The van der Waals surface area contributed by atoms with Crippen molar-refractivity contribution in [2.75, 3.05) is 32.8 Å². The van der Waals surface area contributed by atoms with Crippen LogP contribution in [0.5, 0.6) is 5.75 Å². The summed E-state index contributed by atoms with van der Waals surface area (Å²) >= 11 is 0. The molecular weight excluding hydrogens is 224 g/mol. The van der Waals surface area contributed by atoms with Crippen molar-refractivity contribution in [3.05, 3.63) is 29.8 Å². The van der Waals surface area contributed by atoms with Gasteiger partial charge in [0, 0.05) is 37.2 Å². The lowest BCUT2D eigenvalue weighted by molar-refractivity contribution is 0.257. The van der Waals surface area contributed by atoms with Crippen LogP contribution >= 0.6 is 0 Å². The number of nitrogens with one attached hydrogen (secondary N) is 1. The highest BCUT2D eigenvalue weighted by molar-refractivity contribution is 5.39. The van der Waals surface area contributed by atoms with E-state index in [4.69, 9.17) is 4.74 Å². The predicted molar refractivity (Wildman–Crippen MR) is 71.0 cm³/mol. The summed E-state index contributed by atoms with van der Waals surface area (Å²) in [7, 11) is 0. The fraction of sp³-hybridized carbons (Fsp3) is 0.600. The van der Waals surface area contributed by atoms with Crippen molar-refractivity contribution in [3.8, 4) is 5.75 Å². The van der Waals surface area contributed by atoms with E-state index >= 15 is 0 Å². The van der Waals surface area contributed by atoms with Crippen molar-refractivity contribution < 1.29 is 4.74 Å². The minimum atomic E-state index is 0.569. The summed E-state index contributed by atoms with van der Waals surface area (Å²) in [6.45, 7) is 5.74. The Balaban J connectivity index is 1.45. The maximum Gasteiger partial charge on any atom is 0.122 e. The highest BCUT2D eigenvalue weighted by Gasteiger charge is 2.37. The topological polar surface area (TPSA) is 24.5 Å². The molecule has 0 aliphatic carbocycles. The molecule has 3 nitrogen and oxygen atoms in total. The third-order valence-corrected chi connectivity index (χ3v) is 4.72. The maximum absolute atomic E-state index is 5.77. The van der Waals surface area contributed by atoms with E-state index in [-0.39, 0.29) is 0 Å². The Bertz CT molecular complexity index is 436. The summed E-state index contributed by atoms with van der Waals surface area (Å²) in [5.74, 6) is 2.56. The fourth-order valence-electron chi connectivity index (χ4n) is 3.78. The van der Waals surface area contributed by atoms with Crippen LogP contribution < -0.4 is 10.1 Å². The zero-order valence-corrected chi connectivity index (χ0v) is 10.6. The van der Waals surface area contributed by atoms with E-state index in [0.29, 0.717) is 5.92 Å². The van der Waals surface area contributed by atoms with Gasteiger partial charge in [0.25, 0.3) is 0 Å². The van der Waals surface area contributed by atoms with Crippen LogP contribution in [0.1, 0.15) is 17.9 Å². The molecule has 3 aliphatic rings.